The first-order chi connectivity index (χ1) is 10.5. The van der Waals surface area contributed by atoms with Crippen molar-refractivity contribution in [2.24, 2.45) is 0 Å². The van der Waals surface area contributed by atoms with Gasteiger partial charge in [-0.05, 0) is 40.7 Å². The Labute approximate surface area is 150 Å². The van der Waals surface area contributed by atoms with Gasteiger partial charge in [0, 0.05) is 22.8 Å². The Balaban J connectivity index is 2.37. The summed E-state index contributed by atoms with van der Waals surface area (Å²) in [6, 6.07) is 1.32. The van der Waals surface area contributed by atoms with Crippen molar-refractivity contribution in [3.63, 3.8) is 0 Å². The minimum atomic E-state index is -2.01. The molecule has 23 heavy (non-hydrogen) atoms. The fourth-order valence-corrected chi connectivity index (χ4v) is 3.88. The molecule has 0 spiro atoms. The average molecular weight is 450 g/mol. The molecule has 1 fully saturated rings. The Morgan fingerprint density at radius 2 is 2.09 bits per heavy atom. The van der Waals surface area contributed by atoms with Crippen molar-refractivity contribution in [3.8, 4) is 0 Å². The number of nitrogens with zero attached hydrogens (tertiary/aromatic N) is 1. The van der Waals surface area contributed by atoms with Gasteiger partial charge in [0.2, 0.25) is 6.23 Å². The summed E-state index contributed by atoms with van der Waals surface area (Å²) >= 11 is 2.12. The van der Waals surface area contributed by atoms with Gasteiger partial charge in [0.05, 0.1) is 0 Å². The molecule has 1 aliphatic rings. The molecule has 0 radical (unpaired) electrons. The van der Waals surface area contributed by atoms with E-state index in [1.807, 2.05) is 4.08 Å². The smallest absolute Gasteiger partial charge is 0.331 e. The Bertz CT molecular complexity index is 717. The van der Waals surface area contributed by atoms with Gasteiger partial charge in [-0.3, -0.25) is 14.3 Å². The van der Waals surface area contributed by atoms with E-state index in [2.05, 4.69) is 61.4 Å². The first-order valence-electron chi connectivity index (χ1n) is 7.50. The van der Waals surface area contributed by atoms with E-state index in [4.69, 9.17) is 9.16 Å². The molecule has 128 valence electrons. The van der Waals surface area contributed by atoms with Crippen molar-refractivity contribution in [1.29, 1.82) is 0 Å². The first kappa shape index (κ1) is 18.5. The molecule has 0 aromatic carbocycles. The van der Waals surface area contributed by atoms with Crippen molar-refractivity contribution in [1.82, 2.24) is 9.55 Å². The Kier molecular flexibility index (Phi) is 5.26. The van der Waals surface area contributed by atoms with Crippen LogP contribution in [0.4, 0.5) is 0 Å². The second kappa shape index (κ2) is 6.56. The standard InChI is InChI=1S/C15H23IN2O4Si/c1-15(2,3)23(4,5)22-11-8-10(9-16)21-13(11)18-7-6-12(19)17-14(18)20/h6-7,9,11,13H,8H2,1-5H3,(H,17,19,20)/b10-9-/t11-,13-/m1/s1. The minimum absolute atomic E-state index is 0.0598. The molecule has 2 atom stereocenters. The maximum absolute atomic E-state index is 12.1. The van der Waals surface area contributed by atoms with Crippen LogP contribution in [0.2, 0.25) is 18.1 Å². The summed E-state index contributed by atoms with van der Waals surface area (Å²) in [4.78, 5) is 25.6. The second-order valence-electron chi connectivity index (χ2n) is 7.22. The maximum atomic E-state index is 12.1. The number of rotatable bonds is 3. The van der Waals surface area contributed by atoms with E-state index in [0.717, 1.165) is 5.76 Å². The molecule has 0 unspecified atom stereocenters. The fraction of sp³-hybridized carbons (Fsp3) is 0.600. The molecule has 0 bridgehead atoms. The quantitative estimate of drug-likeness (QED) is 0.568. The van der Waals surface area contributed by atoms with E-state index < -0.39 is 25.8 Å². The SMILES string of the molecule is CC(C)(C)[Si](C)(C)O[C@@H]1C/C(=C/I)O[C@H]1n1ccc(=O)[nH]c1=O. The van der Waals surface area contributed by atoms with Crippen LogP contribution in [0.15, 0.2) is 31.7 Å². The Morgan fingerprint density at radius 1 is 1.43 bits per heavy atom. The van der Waals surface area contributed by atoms with Crippen molar-refractivity contribution in [3.05, 3.63) is 42.9 Å². The van der Waals surface area contributed by atoms with Gasteiger partial charge in [-0.15, -0.1) is 0 Å². The van der Waals surface area contributed by atoms with E-state index >= 15 is 0 Å². The van der Waals surface area contributed by atoms with Crippen LogP contribution >= 0.6 is 22.6 Å². The van der Waals surface area contributed by atoms with Crippen LogP contribution in [-0.2, 0) is 9.16 Å². The number of H-pyrrole nitrogens is 1. The highest BCUT2D eigenvalue weighted by Crippen LogP contribution is 2.42. The van der Waals surface area contributed by atoms with Crippen LogP contribution in [0.1, 0.15) is 33.4 Å². The zero-order chi connectivity index (χ0) is 17.4. The molecule has 1 saturated heterocycles. The summed E-state index contributed by atoms with van der Waals surface area (Å²) in [5, 5.41) is 0.0598. The van der Waals surface area contributed by atoms with Crippen molar-refractivity contribution >= 4 is 30.9 Å². The van der Waals surface area contributed by atoms with Gasteiger partial charge in [0.25, 0.3) is 5.56 Å². The molecule has 1 aliphatic heterocycles. The summed E-state index contributed by atoms with van der Waals surface area (Å²) in [5.74, 6) is 0.789. The highest BCUT2D eigenvalue weighted by Gasteiger charge is 2.44. The van der Waals surface area contributed by atoms with Crippen molar-refractivity contribution in [2.75, 3.05) is 0 Å². The van der Waals surface area contributed by atoms with Crippen LogP contribution in [0.25, 0.3) is 0 Å². The van der Waals surface area contributed by atoms with E-state index in [0.29, 0.717) is 6.42 Å². The fourth-order valence-electron chi connectivity index (χ4n) is 2.17. The summed E-state index contributed by atoms with van der Waals surface area (Å²) in [7, 11) is -2.01. The lowest BCUT2D eigenvalue weighted by Crippen LogP contribution is -2.46. The molecule has 2 heterocycles. The zero-order valence-electron chi connectivity index (χ0n) is 14.1. The van der Waals surface area contributed by atoms with E-state index in [1.165, 1.54) is 16.8 Å². The lowest BCUT2D eigenvalue weighted by molar-refractivity contribution is 0.0115. The Morgan fingerprint density at radius 3 is 2.61 bits per heavy atom. The van der Waals surface area contributed by atoms with E-state index in [-0.39, 0.29) is 11.1 Å². The van der Waals surface area contributed by atoms with Crippen LogP contribution in [-0.4, -0.2) is 24.0 Å². The van der Waals surface area contributed by atoms with Gasteiger partial charge in [-0.25, -0.2) is 4.79 Å². The lowest BCUT2D eigenvalue weighted by Gasteiger charge is -2.39. The van der Waals surface area contributed by atoms with Crippen LogP contribution in [0.5, 0.6) is 0 Å². The topological polar surface area (TPSA) is 73.3 Å². The van der Waals surface area contributed by atoms with Gasteiger partial charge in [-0.2, -0.15) is 0 Å². The molecule has 1 aromatic heterocycles. The number of nitrogens with one attached hydrogen (secondary N) is 1. The van der Waals surface area contributed by atoms with Gasteiger partial charge >= 0.3 is 5.69 Å². The first-order valence-corrected chi connectivity index (χ1v) is 11.7. The summed E-state index contributed by atoms with van der Waals surface area (Å²) in [6.07, 6.45) is 1.27. The highest BCUT2D eigenvalue weighted by molar-refractivity contribution is 14.1. The molecule has 0 saturated carbocycles. The predicted octanol–water partition coefficient (Wildman–Crippen LogP) is 3.12. The van der Waals surface area contributed by atoms with E-state index in [9.17, 15) is 9.59 Å². The average Bonchev–Trinajstić information content (AvgIpc) is 2.79. The van der Waals surface area contributed by atoms with Crippen molar-refractivity contribution in [2.45, 2.75) is 57.7 Å². The zero-order valence-corrected chi connectivity index (χ0v) is 17.2. The third kappa shape index (κ3) is 3.97. The highest BCUT2D eigenvalue weighted by atomic mass is 127. The lowest BCUT2D eigenvalue weighted by atomic mass is 10.2. The molecule has 1 aromatic rings. The van der Waals surface area contributed by atoms with Gasteiger partial charge in [-0.1, -0.05) is 20.8 Å². The molecule has 2 rings (SSSR count). The molecule has 1 N–H and O–H groups in total. The van der Waals surface area contributed by atoms with Crippen LogP contribution in [0.3, 0.4) is 0 Å². The number of halogens is 1. The maximum Gasteiger partial charge on any atom is 0.331 e. The minimum Gasteiger partial charge on any atom is -0.471 e. The Hall–Kier alpha value is -0.873. The predicted molar refractivity (Wildman–Crippen MR) is 100 cm³/mol. The summed E-state index contributed by atoms with van der Waals surface area (Å²) < 4.78 is 15.6. The van der Waals surface area contributed by atoms with Gasteiger partial charge in [0.1, 0.15) is 11.9 Å². The molecule has 8 heteroatoms. The van der Waals surface area contributed by atoms with Crippen LogP contribution in [0, 0.1) is 0 Å². The molecule has 6 nitrogen and oxygen atoms in total. The number of hydrogen-bond donors (Lipinski definition) is 1. The van der Waals surface area contributed by atoms with E-state index in [1.54, 1.807) is 0 Å². The molecule has 0 amide bonds. The van der Waals surface area contributed by atoms with Gasteiger partial charge in [0.15, 0.2) is 8.32 Å². The molecule has 0 aliphatic carbocycles. The largest absolute Gasteiger partial charge is 0.471 e. The number of aromatic nitrogens is 2. The monoisotopic (exact) mass is 450 g/mol. The molecular formula is C15H23IN2O4Si. The number of hydrogen-bond acceptors (Lipinski definition) is 4. The third-order valence-electron chi connectivity index (χ3n) is 4.49. The van der Waals surface area contributed by atoms with Crippen LogP contribution < -0.4 is 11.2 Å². The normalized spacial score (nSPS) is 24.0. The van der Waals surface area contributed by atoms with Crippen molar-refractivity contribution < 1.29 is 9.16 Å². The number of ether oxygens (including phenoxy) is 1. The summed E-state index contributed by atoms with van der Waals surface area (Å²) in [6.45, 7) is 10.9. The van der Waals surface area contributed by atoms with Gasteiger partial charge < -0.3 is 9.16 Å². The second-order valence-corrected chi connectivity index (χ2v) is 12.6. The summed E-state index contributed by atoms with van der Waals surface area (Å²) in [5.41, 5.74) is -0.906. The third-order valence-corrected chi connectivity index (χ3v) is 9.69. The molecular weight excluding hydrogens is 427 g/mol. The number of aromatic amines is 1.